The number of carboxylic acid groups (broad SMARTS) is 1. The van der Waals surface area contributed by atoms with Crippen LogP contribution in [0.2, 0.25) is 0 Å². The molecule has 1 saturated carbocycles. The fraction of sp³-hybridized carbons (Fsp3) is 0.467. The van der Waals surface area contributed by atoms with Crippen molar-refractivity contribution in [3.05, 3.63) is 35.6 Å². The fourth-order valence-corrected chi connectivity index (χ4v) is 2.65. The lowest BCUT2D eigenvalue weighted by Crippen LogP contribution is -2.44. The van der Waals surface area contributed by atoms with Crippen LogP contribution in [0.5, 0.6) is 0 Å². The van der Waals surface area contributed by atoms with Gasteiger partial charge in [0, 0.05) is 24.3 Å². The van der Waals surface area contributed by atoms with Crippen molar-refractivity contribution in [2.75, 3.05) is 0 Å². The molecule has 0 radical (unpaired) electrons. The maximum atomic E-state index is 12.8. The van der Waals surface area contributed by atoms with Crippen molar-refractivity contribution in [2.24, 2.45) is 11.8 Å². The summed E-state index contributed by atoms with van der Waals surface area (Å²) in [5.74, 6) is -2.95. The number of aliphatic carboxylic acids is 1. The minimum Gasteiger partial charge on any atom is -0.550 e. The Kier molecular flexibility index (Phi) is 4.71. The van der Waals surface area contributed by atoms with Crippen molar-refractivity contribution in [1.29, 1.82) is 0 Å². The van der Waals surface area contributed by atoms with Gasteiger partial charge in [-0.1, -0.05) is 25.0 Å². The van der Waals surface area contributed by atoms with Gasteiger partial charge in [0.15, 0.2) is 0 Å². The van der Waals surface area contributed by atoms with Gasteiger partial charge in [-0.2, -0.15) is 0 Å². The van der Waals surface area contributed by atoms with Crippen LogP contribution in [-0.2, 0) is 16.1 Å². The SMILES string of the molecule is O=C([O-])[C@@H]1CCCC[C@H]1C(=O)NCc1ccc(F)cc1. The number of carbonyl (C=O) groups excluding carboxylic acids is 2. The lowest BCUT2D eigenvalue weighted by atomic mass is 9.78. The average Bonchev–Trinajstić information content (AvgIpc) is 2.46. The number of carbonyl (C=O) groups is 2. The summed E-state index contributed by atoms with van der Waals surface area (Å²) in [7, 11) is 0. The zero-order valence-electron chi connectivity index (χ0n) is 11.1. The van der Waals surface area contributed by atoms with E-state index in [1.807, 2.05) is 0 Å². The first kappa shape index (κ1) is 14.5. The molecule has 1 aliphatic carbocycles. The molecule has 20 heavy (non-hydrogen) atoms. The quantitative estimate of drug-likeness (QED) is 0.893. The number of hydrogen-bond donors (Lipinski definition) is 1. The lowest BCUT2D eigenvalue weighted by molar-refractivity contribution is -0.314. The smallest absolute Gasteiger partial charge is 0.224 e. The van der Waals surface area contributed by atoms with Gasteiger partial charge in [-0.25, -0.2) is 4.39 Å². The molecule has 0 heterocycles. The van der Waals surface area contributed by atoms with Gasteiger partial charge in [0.05, 0.1) is 0 Å². The molecular formula is C15H17FNO3-. The number of halogens is 1. The molecule has 0 aromatic heterocycles. The van der Waals surface area contributed by atoms with Crippen LogP contribution in [0.4, 0.5) is 4.39 Å². The maximum Gasteiger partial charge on any atom is 0.224 e. The van der Waals surface area contributed by atoms with E-state index in [4.69, 9.17) is 0 Å². The zero-order valence-corrected chi connectivity index (χ0v) is 11.1. The molecule has 1 fully saturated rings. The summed E-state index contributed by atoms with van der Waals surface area (Å²) in [6, 6.07) is 5.83. The summed E-state index contributed by atoms with van der Waals surface area (Å²) in [6.07, 6.45) is 2.75. The molecule has 108 valence electrons. The molecule has 1 aromatic carbocycles. The van der Waals surface area contributed by atoms with Crippen LogP contribution in [-0.4, -0.2) is 11.9 Å². The number of amides is 1. The summed E-state index contributed by atoms with van der Waals surface area (Å²) in [5, 5.41) is 13.8. The van der Waals surface area contributed by atoms with Crippen molar-refractivity contribution in [3.8, 4) is 0 Å². The van der Waals surface area contributed by atoms with E-state index in [1.54, 1.807) is 12.1 Å². The summed E-state index contributed by atoms with van der Waals surface area (Å²) in [6.45, 7) is 0.273. The molecule has 1 aromatic rings. The summed E-state index contributed by atoms with van der Waals surface area (Å²) < 4.78 is 12.8. The minimum atomic E-state index is -1.15. The standard InChI is InChI=1S/C15H18FNO3/c16-11-7-5-10(6-8-11)9-17-14(18)12-3-1-2-4-13(12)15(19)20/h5-8,12-13H,1-4,9H2,(H,17,18)(H,19,20)/p-1/t12-,13-/m1/s1. The molecule has 0 unspecified atom stereocenters. The molecule has 0 aliphatic heterocycles. The van der Waals surface area contributed by atoms with Crippen LogP contribution in [0.15, 0.2) is 24.3 Å². The monoisotopic (exact) mass is 278 g/mol. The molecule has 0 bridgehead atoms. The van der Waals surface area contributed by atoms with Gasteiger partial charge in [0.2, 0.25) is 5.91 Å². The molecule has 5 heteroatoms. The molecule has 2 rings (SSSR count). The lowest BCUT2D eigenvalue weighted by Gasteiger charge is -2.31. The van der Waals surface area contributed by atoms with Crippen molar-refractivity contribution < 1.29 is 19.1 Å². The highest BCUT2D eigenvalue weighted by atomic mass is 19.1. The summed E-state index contributed by atoms with van der Waals surface area (Å²) in [4.78, 5) is 23.1. The second-order valence-corrected chi connectivity index (χ2v) is 5.16. The van der Waals surface area contributed by atoms with Gasteiger partial charge in [0.1, 0.15) is 5.82 Å². The van der Waals surface area contributed by atoms with E-state index in [9.17, 15) is 19.1 Å². The Morgan fingerprint density at radius 3 is 2.35 bits per heavy atom. The molecule has 0 saturated heterocycles. The van der Waals surface area contributed by atoms with Crippen LogP contribution >= 0.6 is 0 Å². The zero-order chi connectivity index (χ0) is 14.5. The van der Waals surface area contributed by atoms with Crippen LogP contribution in [0.1, 0.15) is 31.2 Å². The third-order valence-electron chi connectivity index (χ3n) is 3.79. The Bertz CT molecular complexity index is 486. The Morgan fingerprint density at radius 1 is 1.15 bits per heavy atom. The van der Waals surface area contributed by atoms with E-state index in [-0.39, 0.29) is 18.3 Å². The van der Waals surface area contributed by atoms with E-state index >= 15 is 0 Å². The van der Waals surface area contributed by atoms with Crippen LogP contribution in [0.25, 0.3) is 0 Å². The van der Waals surface area contributed by atoms with Crippen LogP contribution < -0.4 is 10.4 Å². The van der Waals surface area contributed by atoms with Crippen molar-refractivity contribution in [2.45, 2.75) is 32.2 Å². The van der Waals surface area contributed by atoms with E-state index < -0.39 is 17.8 Å². The Hall–Kier alpha value is -1.91. The highest BCUT2D eigenvalue weighted by molar-refractivity contribution is 5.84. The first-order valence-corrected chi connectivity index (χ1v) is 6.81. The molecule has 1 aliphatic rings. The maximum absolute atomic E-state index is 12.8. The van der Waals surface area contributed by atoms with Gasteiger partial charge < -0.3 is 15.2 Å². The molecule has 4 nitrogen and oxygen atoms in total. The molecule has 2 atom stereocenters. The predicted octanol–water partition coefficient (Wildman–Crippen LogP) is 0.998. The fourth-order valence-electron chi connectivity index (χ4n) is 2.65. The van der Waals surface area contributed by atoms with Gasteiger partial charge in [-0.15, -0.1) is 0 Å². The number of benzene rings is 1. The highest BCUT2D eigenvalue weighted by Crippen LogP contribution is 2.29. The number of nitrogens with one attached hydrogen (secondary N) is 1. The first-order valence-electron chi connectivity index (χ1n) is 6.81. The Labute approximate surface area is 117 Å². The van der Waals surface area contributed by atoms with Crippen LogP contribution in [0.3, 0.4) is 0 Å². The summed E-state index contributed by atoms with van der Waals surface area (Å²) in [5.41, 5.74) is 0.778. The van der Waals surface area contributed by atoms with Crippen LogP contribution in [0, 0.1) is 17.7 Å². The molecule has 1 amide bonds. The van der Waals surface area contributed by atoms with Crippen molar-refractivity contribution in [3.63, 3.8) is 0 Å². The molecule has 1 N–H and O–H groups in total. The largest absolute Gasteiger partial charge is 0.550 e. The number of rotatable bonds is 4. The van der Waals surface area contributed by atoms with Gasteiger partial charge in [0.25, 0.3) is 0 Å². The van der Waals surface area contributed by atoms with Gasteiger partial charge >= 0.3 is 0 Å². The predicted molar refractivity (Wildman–Crippen MR) is 68.7 cm³/mol. The van der Waals surface area contributed by atoms with Crippen molar-refractivity contribution >= 4 is 11.9 Å². The summed E-state index contributed by atoms with van der Waals surface area (Å²) >= 11 is 0. The normalized spacial score (nSPS) is 22.2. The van der Waals surface area contributed by atoms with Gasteiger partial charge in [-0.3, -0.25) is 4.79 Å². The second-order valence-electron chi connectivity index (χ2n) is 5.16. The average molecular weight is 278 g/mol. The molecular weight excluding hydrogens is 261 g/mol. The minimum absolute atomic E-state index is 0.261. The van der Waals surface area contributed by atoms with E-state index in [1.165, 1.54) is 12.1 Å². The third-order valence-corrected chi connectivity index (χ3v) is 3.79. The second kappa shape index (κ2) is 6.50. The Balaban J connectivity index is 1.93. The number of carboxylic acids is 1. The molecule has 0 spiro atoms. The van der Waals surface area contributed by atoms with Crippen molar-refractivity contribution in [1.82, 2.24) is 5.32 Å². The Morgan fingerprint density at radius 2 is 1.75 bits per heavy atom. The number of hydrogen-bond acceptors (Lipinski definition) is 3. The highest BCUT2D eigenvalue weighted by Gasteiger charge is 2.31. The van der Waals surface area contributed by atoms with Gasteiger partial charge in [-0.05, 0) is 30.5 Å². The van der Waals surface area contributed by atoms with E-state index in [2.05, 4.69) is 5.32 Å². The topological polar surface area (TPSA) is 69.2 Å². The first-order chi connectivity index (χ1) is 9.58. The third kappa shape index (κ3) is 3.56. The van der Waals surface area contributed by atoms with E-state index in [0.717, 1.165) is 18.4 Å². The van der Waals surface area contributed by atoms with E-state index in [0.29, 0.717) is 12.8 Å².